The number of aliphatic hydroxyl groups is 1. The van der Waals surface area contributed by atoms with Gasteiger partial charge in [0.25, 0.3) is 0 Å². The lowest BCUT2D eigenvalue weighted by molar-refractivity contribution is 0.0693. The normalized spacial score (nSPS) is 17.6. The Morgan fingerprint density at radius 2 is 1.62 bits per heavy atom. The van der Waals surface area contributed by atoms with Crippen molar-refractivity contribution in [3.63, 3.8) is 0 Å². The van der Waals surface area contributed by atoms with E-state index in [0.717, 1.165) is 50.5 Å². The zero-order valence-corrected chi connectivity index (χ0v) is 15.1. The molecule has 1 N–H and O–H groups in total. The molecule has 1 fully saturated rings. The minimum Gasteiger partial charge on any atom is -0.491 e. The molecule has 0 amide bonds. The summed E-state index contributed by atoms with van der Waals surface area (Å²) >= 11 is 0. The second-order valence-corrected chi connectivity index (χ2v) is 6.83. The molecule has 26 heavy (non-hydrogen) atoms. The van der Waals surface area contributed by atoms with E-state index in [1.807, 2.05) is 42.5 Å². The van der Waals surface area contributed by atoms with Crippen LogP contribution in [-0.4, -0.2) is 60.3 Å². The molecule has 4 nitrogen and oxygen atoms in total. The molecular weight excluding hydrogens is 331 g/mol. The van der Waals surface area contributed by atoms with Crippen molar-refractivity contribution in [3.05, 3.63) is 66.0 Å². The first-order valence-corrected chi connectivity index (χ1v) is 9.24. The lowest BCUT2D eigenvalue weighted by Gasteiger charge is -2.24. The molecule has 1 heterocycles. The largest absolute Gasteiger partial charge is 0.491 e. The summed E-state index contributed by atoms with van der Waals surface area (Å²) in [6.45, 7) is 5.63. The number of rotatable bonds is 7. The first kappa shape index (κ1) is 18.8. The van der Waals surface area contributed by atoms with Crippen LogP contribution >= 0.6 is 0 Å². The SMILES string of the molecule is OC(COc1ccccc1)CN1CCCN(Cc2ccc(F)cc2)CC1. The molecule has 0 bridgehead atoms. The summed E-state index contributed by atoms with van der Waals surface area (Å²) in [4.78, 5) is 4.68. The molecule has 2 aromatic rings. The molecule has 0 spiro atoms. The number of aliphatic hydroxyl groups excluding tert-OH is 1. The average Bonchev–Trinajstić information content (AvgIpc) is 2.88. The average molecular weight is 358 g/mol. The van der Waals surface area contributed by atoms with Gasteiger partial charge in [-0.1, -0.05) is 30.3 Å². The van der Waals surface area contributed by atoms with Crippen LogP contribution in [0, 0.1) is 5.82 Å². The third-order valence-corrected chi connectivity index (χ3v) is 4.66. The Labute approximate surface area is 154 Å². The molecule has 1 atom stereocenters. The van der Waals surface area contributed by atoms with Crippen molar-refractivity contribution in [1.29, 1.82) is 0 Å². The van der Waals surface area contributed by atoms with Crippen LogP contribution in [0.5, 0.6) is 5.75 Å². The maximum Gasteiger partial charge on any atom is 0.123 e. The van der Waals surface area contributed by atoms with Crippen molar-refractivity contribution in [2.75, 3.05) is 39.3 Å². The minimum atomic E-state index is -0.501. The van der Waals surface area contributed by atoms with Gasteiger partial charge in [-0.15, -0.1) is 0 Å². The van der Waals surface area contributed by atoms with Crippen molar-refractivity contribution >= 4 is 0 Å². The van der Waals surface area contributed by atoms with Gasteiger partial charge in [-0.2, -0.15) is 0 Å². The Morgan fingerprint density at radius 1 is 0.923 bits per heavy atom. The highest BCUT2D eigenvalue weighted by atomic mass is 19.1. The van der Waals surface area contributed by atoms with Crippen molar-refractivity contribution in [3.8, 4) is 5.75 Å². The first-order valence-electron chi connectivity index (χ1n) is 9.24. The highest BCUT2D eigenvalue weighted by Crippen LogP contribution is 2.12. The monoisotopic (exact) mass is 358 g/mol. The molecule has 2 aromatic carbocycles. The fraction of sp³-hybridized carbons (Fsp3) is 0.429. The Morgan fingerprint density at radius 3 is 2.38 bits per heavy atom. The van der Waals surface area contributed by atoms with Crippen LogP contribution in [0.4, 0.5) is 4.39 Å². The third-order valence-electron chi connectivity index (χ3n) is 4.66. The zero-order chi connectivity index (χ0) is 18.2. The van der Waals surface area contributed by atoms with E-state index in [4.69, 9.17) is 4.74 Å². The van der Waals surface area contributed by atoms with Crippen LogP contribution in [0.15, 0.2) is 54.6 Å². The summed E-state index contributed by atoms with van der Waals surface area (Å²) in [7, 11) is 0. The van der Waals surface area contributed by atoms with Gasteiger partial charge in [-0.25, -0.2) is 4.39 Å². The van der Waals surface area contributed by atoms with Gasteiger partial charge in [0, 0.05) is 26.2 Å². The number of hydrogen-bond donors (Lipinski definition) is 1. The van der Waals surface area contributed by atoms with E-state index < -0.39 is 6.10 Å². The number of ether oxygens (including phenoxy) is 1. The molecule has 1 aliphatic heterocycles. The smallest absolute Gasteiger partial charge is 0.123 e. The fourth-order valence-electron chi connectivity index (χ4n) is 3.27. The van der Waals surface area contributed by atoms with Crippen molar-refractivity contribution in [2.24, 2.45) is 0 Å². The molecule has 0 aromatic heterocycles. The summed E-state index contributed by atoms with van der Waals surface area (Å²) in [6, 6.07) is 16.3. The molecule has 5 heteroatoms. The van der Waals surface area contributed by atoms with Gasteiger partial charge >= 0.3 is 0 Å². The molecule has 1 unspecified atom stereocenters. The van der Waals surface area contributed by atoms with Crippen molar-refractivity contribution in [2.45, 2.75) is 19.1 Å². The summed E-state index contributed by atoms with van der Waals surface area (Å²) < 4.78 is 18.7. The van der Waals surface area contributed by atoms with E-state index >= 15 is 0 Å². The van der Waals surface area contributed by atoms with Gasteiger partial charge in [0.05, 0.1) is 0 Å². The maximum atomic E-state index is 13.0. The van der Waals surface area contributed by atoms with E-state index in [1.54, 1.807) is 0 Å². The van der Waals surface area contributed by atoms with Crippen LogP contribution < -0.4 is 4.74 Å². The van der Waals surface area contributed by atoms with E-state index in [0.29, 0.717) is 13.2 Å². The van der Waals surface area contributed by atoms with Crippen molar-refractivity contribution in [1.82, 2.24) is 9.80 Å². The molecule has 0 saturated carbocycles. The Kier molecular flexibility index (Phi) is 7.00. The summed E-state index contributed by atoms with van der Waals surface area (Å²) in [5.74, 6) is 0.593. The van der Waals surface area contributed by atoms with E-state index in [9.17, 15) is 9.50 Å². The van der Waals surface area contributed by atoms with Gasteiger partial charge in [0.1, 0.15) is 24.3 Å². The third kappa shape index (κ3) is 6.09. The summed E-state index contributed by atoms with van der Waals surface area (Å²) in [5, 5.41) is 10.3. The number of hydrogen-bond acceptors (Lipinski definition) is 4. The first-order chi connectivity index (χ1) is 12.7. The number of β-amino-alcohol motifs (C(OH)–C–C–N with tert-alkyl or cyclic N) is 1. The molecule has 0 aliphatic carbocycles. The van der Waals surface area contributed by atoms with Gasteiger partial charge < -0.3 is 9.84 Å². The lowest BCUT2D eigenvalue weighted by atomic mass is 10.2. The number of benzene rings is 2. The highest BCUT2D eigenvalue weighted by molar-refractivity contribution is 5.21. The second kappa shape index (κ2) is 9.67. The Hall–Kier alpha value is -1.95. The van der Waals surface area contributed by atoms with Gasteiger partial charge in [0.2, 0.25) is 0 Å². The van der Waals surface area contributed by atoms with Gasteiger partial charge in [0.15, 0.2) is 0 Å². The highest BCUT2D eigenvalue weighted by Gasteiger charge is 2.18. The van der Waals surface area contributed by atoms with Gasteiger partial charge in [-0.05, 0) is 49.3 Å². The maximum absolute atomic E-state index is 13.0. The predicted molar refractivity (Wildman–Crippen MR) is 101 cm³/mol. The quantitative estimate of drug-likeness (QED) is 0.826. The molecule has 0 radical (unpaired) electrons. The number of nitrogens with zero attached hydrogens (tertiary/aromatic N) is 2. The number of para-hydroxylation sites is 1. The van der Waals surface area contributed by atoms with Gasteiger partial charge in [-0.3, -0.25) is 9.80 Å². The zero-order valence-electron chi connectivity index (χ0n) is 15.1. The molecular formula is C21H27FN2O2. The Bertz CT molecular complexity index is 651. The second-order valence-electron chi connectivity index (χ2n) is 6.83. The molecule has 1 aliphatic rings. The number of halogens is 1. The molecule has 140 valence electrons. The summed E-state index contributed by atoms with van der Waals surface area (Å²) in [5.41, 5.74) is 1.14. The van der Waals surface area contributed by atoms with Crippen molar-refractivity contribution < 1.29 is 14.2 Å². The van der Waals surface area contributed by atoms with E-state index in [-0.39, 0.29) is 5.82 Å². The van der Waals surface area contributed by atoms with Crippen LogP contribution in [0.2, 0.25) is 0 Å². The van der Waals surface area contributed by atoms with Crippen LogP contribution in [-0.2, 0) is 6.54 Å². The van der Waals surface area contributed by atoms with Crippen LogP contribution in [0.1, 0.15) is 12.0 Å². The standard InChI is InChI=1S/C21H27FN2O2/c22-19-9-7-18(8-10-19)15-23-11-4-12-24(14-13-23)16-20(25)17-26-21-5-2-1-3-6-21/h1-3,5-10,20,25H,4,11-17H2. The van der Waals surface area contributed by atoms with Crippen LogP contribution in [0.3, 0.4) is 0 Å². The van der Waals surface area contributed by atoms with E-state index in [2.05, 4.69) is 9.80 Å². The topological polar surface area (TPSA) is 35.9 Å². The fourth-order valence-corrected chi connectivity index (χ4v) is 3.27. The Balaban J connectivity index is 1.41. The predicted octanol–water partition coefficient (Wildman–Crippen LogP) is 2.77. The lowest BCUT2D eigenvalue weighted by Crippen LogP contribution is -2.38. The summed E-state index contributed by atoms with van der Waals surface area (Å²) in [6.07, 6.45) is 0.562. The van der Waals surface area contributed by atoms with Crippen LogP contribution in [0.25, 0.3) is 0 Å². The molecule has 1 saturated heterocycles. The molecule has 3 rings (SSSR count). The minimum absolute atomic E-state index is 0.192. The van der Waals surface area contributed by atoms with E-state index in [1.165, 1.54) is 12.1 Å².